The summed E-state index contributed by atoms with van der Waals surface area (Å²) in [5, 5.41) is 0. The fraction of sp³-hybridized carbons (Fsp3) is 0.417. The molecular weight excluding hydrogens is 265 g/mol. The number of hydrogen-bond donors (Lipinski definition) is 1. The molecule has 0 aromatic heterocycles. The van der Waals surface area contributed by atoms with E-state index in [4.69, 9.17) is 9.47 Å². The first-order chi connectivity index (χ1) is 8.20. The normalized spacial score (nSPS) is 14.3. The maximum absolute atomic E-state index is 12.0. The minimum absolute atomic E-state index is 0. The van der Waals surface area contributed by atoms with Crippen molar-refractivity contribution in [1.29, 1.82) is 0 Å². The van der Waals surface area contributed by atoms with Gasteiger partial charge >= 0.3 is 0 Å². The molecule has 100 valence electrons. The van der Waals surface area contributed by atoms with E-state index in [9.17, 15) is 9.28 Å². The molecule has 18 heavy (non-hydrogen) atoms. The number of rotatable bonds is 3. The second-order valence-electron chi connectivity index (χ2n) is 4.04. The van der Waals surface area contributed by atoms with Crippen molar-refractivity contribution in [3.63, 3.8) is 0 Å². The summed E-state index contributed by atoms with van der Waals surface area (Å²) in [5.74, 6) is 0.367. The van der Waals surface area contributed by atoms with Crippen molar-refractivity contribution < 1.29 is 56.5 Å². The van der Waals surface area contributed by atoms with Gasteiger partial charge in [-0.1, -0.05) is 13.0 Å². The summed E-state index contributed by atoms with van der Waals surface area (Å²) in [4.78, 5) is 11.1. The predicted octanol–water partition coefficient (Wildman–Crippen LogP) is 1.64. The molecule has 1 atom stereocenters. The number of carbonyl (C=O) groups excluding carboxylic acids is 1. The van der Waals surface area contributed by atoms with Gasteiger partial charge in [0.1, 0.15) is 13.2 Å². The maximum Gasteiger partial charge on any atom is 0.250 e. The molecule has 1 N–H and O–H groups in total. The van der Waals surface area contributed by atoms with Crippen LogP contribution in [0.15, 0.2) is 18.2 Å². The molecule has 0 spiro atoms. The molecule has 0 unspecified atom stereocenters. The molecular formula is C12H14ArFNO3. The second kappa shape index (κ2) is 7.16. The van der Waals surface area contributed by atoms with Crippen molar-refractivity contribution in [2.75, 3.05) is 13.2 Å². The molecule has 6 heteroatoms. The number of benzene rings is 1. The van der Waals surface area contributed by atoms with Crippen LogP contribution >= 0.6 is 0 Å². The number of hydrogen-bond acceptors (Lipinski definition) is 3. The monoisotopic (exact) mass is 279 g/mol. The number of amides is 1. The Balaban J connectivity index is 0.00000162. The SMILES string of the molecule is C[C@@H](Cc1ccc2c(c1)OCCO2)C(=O)NF.[Ar]. The van der Waals surface area contributed by atoms with Gasteiger partial charge in [0.05, 0.1) is 0 Å². The average molecular weight is 279 g/mol. The van der Waals surface area contributed by atoms with Gasteiger partial charge in [0.15, 0.2) is 11.5 Å². The summed E-state index contributed by atoms with van der Waals surface area (Å²) < 4.78 is 22.8. The minimum atomic E-state index is -0.611. The summed E-state index contributed by atoms with van der Waals surface area (Å²) in [7, 11) is 0. The molecule has 0 fully saturated rings. The quantitative estimate of drug-likeness (QED) is 0.856. The van der Waals surface area contributed by atoms with Crippen molar-refractivity contribution >= 4 is 5.91 Å². The summed E-state index contributed by atoms with van der Waals surface area (Å²) in [6, 6.07) is 5.50. The Morgan fingerprint density at radius 2 is 2.06 bits per heavy atom. The zero-order valence-electron chi connectivity index (χ0n) is 9.89. The molecule has 0 saturated heterocycles. The number of nitrogens with one attached hydrogen (secondary N) is 1. The van der Waals surface area contributed by atoms with Crippen LogP contribution in [0.2, 0.25) is 0 Å². The van der Waals surface area contributed by atoms with Gasteiger partial charge in [0.25, 0.3) is 5.91 Å². The minimum Gasteiger partial charge on any atom is -0.486 e. The van der Waals surface area contributed by atoms with Gasteiger partial charge in [-0.3, -0.25) is 4.79 Å². The fourth-order valence-electron chi connectivity index (χ4n) is 1.75. The molecule has 0 radical (unpaired) electrons. The van der Waals surface area contributed by atoms with Gasteiger partial charge < -0.3 is 9.47 Å². The van der Waals surface area contributed by atoms with E-state index in [1.807, 2.05) is 18.2 Å². The molecule has 1 aromatic rings. The molecule has 1 heterocycles. The van der Waals surface area contributed by atoms with Crippen molar-refractivity contribution in [3.05, 3.63) is 23.8 Å². The van der Waals surface area contributed by atoms with E-state index in [1.165, 1.54) is 0 Å². The smallest absolute Gasteiger partial charge is 0.250 e. The standard InChI is InChI=1S/C12H14FNO3.Ar/c1-8(12(15)14-13)6-9-2-3-10-11(7-9)17-5-4-16-10;/h2-3,7-8H,4-6H2,1H3,(H,14,15);/t8-;/m0./s1. The molecule has 4 nitrogen and oxygen atoms in total. The Bertz CT molecular complexity index is 428. The zero-order chi connectivity index (χ0) is 12.3. The summed E-state index contributed by atoms with van der Waals surface area (Å²) in [5.41, 5.74) is 2.07. The Hall–Kier alpha value is -0.520. The third-order valence-corrected chi connectivity index (χ3v) is 2.69. The van der Waals surface area contributed by atoms with Crippen LogP contribution in [0.5, 0.6) is 11.5 Å². The Kier molecular flexibility index (Phi) is 6.18. The van der Waals surface area contributed by atoms with E-state index in [1.54, 1.807) is 6.92 Å². The zero-order valence-corrected chi connectivity index (χ0v) is 10.6. The topological polar surface area (TPSA) is 47.6 Å². The molecule has 1 amide bonds. The van der Waals surface area contributed by atoms with Gasteiger partial charge in [-0.05, 0) is 24.1 Å². The van der Waals surface area contributed by atoms with Crippen molar-refractivity contribution in [1.82, 2.24) is 5.54 Å². The molecule has 1 aromatic carbocycles. The first-order valence-corrected chi connectivity index (χ1v) is 5.49. The molecule has 0 aliphatic carbocycles. The molecule has 0 saturated carbocycles. The number of ether oxygens (including phenoxy) is 2. The van der Waals surface area contributed by atoms with E-state index < -0.39 is 11.8 Å². The fourth-order valence-corrected chi connectivity index (χ4v) is 1.75. The van der Waals surface area contributed by atoms with E-state index in [0.29, 0.717) is 31.1 Å². The molecule has 0 bridgehead atoms. The first-order valence-electron chi connectivity index (χ1n) is 5.49. The first kappa shape index (κ1) is 15.5. The van der Waals surface area contributed by atoms with Crippen LogP contribution in [-0.4, -0.2) is 19.1 Å². The van der Waals surface area contributed by atoms with E-state index >= 15 is 0 Å². The van der Waals surface area contributed by atoms with Gasteiger partial charge in [0, 0.05) is 43.7 Å². The van der Waals surface area contributed by atoms with E-state index in [0.717, 1.165) is 11.1 Å². The number of halogens is 1. The van der Waals surface area contributed by atoms with Crippen LogP contribution < -0.4 is 15.0 Å². The number of carbonyl (C=O) groups is 1. The Morgan fingerprint density at radius 3 is 2.72 bits per heavy atom. The summed E-state index contributed by atoms with van der Waals surface area (Å²) in [6.07, 6.45) is 0.465. The largest absolute Gasteiger partial charge is 0.486 e. The van der Waals surface area contributed by atoms with Crippen LogP contribution in [0.25, 0.3) is 0 Å². The van der Waals surface area contributed by atoms with Crippen molar-refractivity contribution in [2.24, 2.45) is 5.92 Å². The third kappa shape index (κ3) is 3.73. The Labute approximate surface area is 135 Å². The molecule has 1 aliphatic heterocycles. The van der Waals surface area contributed by atoms with Gasteiger partial charge in [-0.25, -0.2) is 0 Å². The van der Waals surface area contributed by atoms with E-state index in [2.05, 4.69) is 0 Å². The van der Waals surface area contributed by atoms with Crippen LogP contribution in [0.1, 0.15) is 12.5 Å². The second-order valence-corrected chi connectivity index (χ2v) is 4.04. The van der Waals surface area contributed by atoms with Crippen LogP contribution in [0, 0.1) is 43.7 Å². The molecule has 1 aliphatic rings. The van der Waals surface area contributed by atoms with Crippen LogP contribution in [0.3, 0.4) is 0 Å². The van der Waals surface area contributed by atoms with Gasteiger partial charge in [-0.2, -0.15) is 5.54 Å². The van der Waals surface area contributed by atoms with Gasteiger partial charge in [0.2, 0.25) is 0 Å². The van der Waals surface area contributed by atoms with Gasteiger partial charge in [-0.15, -0.1) is 4.48 Å². The van der Waals surface area contributed by atoms with Crippen LogP contribution in [-0.2, 0) is 11.2 Å². The van der Waals surface area contributed by atoms with Crippen LogP contribution in [0.4, 0.5) is 4.48 Å². The summed E-state index contributed by atoms with van der Waals surface area (Å²) >= 11 is 0. The average Bonchev–Trinajstić information content (AvgIpc) is 2.37. The van der Waals surface area contributed by atoms with E-state index in [-0.39, 0.29) is 37.7 Å². The Morgan fingerprint density at radius 1 is 1.39 bits per heavy atom. The van der Waals surface area contributed by atoms with Crippen molar-refractivity contribution in [2.45, 2.75) is 13.3 Å². The summed E-state index contributed by atoms with van der Waals surface area (Å²) in [6.45, 7) is 2.75. The van der Waals surface area contributed by atoms with Crippen molar-refractivity contribution in [3.8, 4) is 11.5 Å². The molecule has 2 rings (SSSR count). The predicted molar refractivity (Wildman–Crippen MR) is 59.6 cm³/mol. The third-order valence-electron chi connectivity index (χ3n) is 2.69. The maximum atomic E-state index is 12.0. The number of fused-ring (bicyclic) bond motifs is 1.